The number of hydrogen-bond donors (Lipinski definition) is 1. The fraction of sp³-hybridized carbons (Fsp3) is 0.667. The van der Waals surface area contributed by atoms with Crippen LogP contribution in [0.1, 0.15) is 45.6 Å². The maximum atomic E-state index is 14.1. The highest BCUT2D eigenvalue weighted by molar-refractivity contribution is 9.10. The molecule has 118 valence electrons. The molecule has 3 unspecified atom stereocenters. The molecule has 0 aliphatic heterocycles. The summed E-state index contributed by atoms with van der Waals surface area (Å²) < 4.78 is 15.0. The SMILES string of the molecule is CCNC1CCC(C(C)C)CC1Cc1cc(Br)ccc1F. The van der Waals surface area contributed by atoms with Crippen molar-refractivity contribution in [2.75, 3.05) is 6.54 Å². The van der Waals surface area contributed by atoms with Crippen LogP contribution in [-0.4, -0.2) is 12.6 Å². The summed E-state index contributed by atoms with van der Waals surface area (Å²) in [5.41, 5.74) is 0.849. The van der Waals surface area contributed by atoms with Crippen molar-refractivity contribution in [3.63, 3.8) is 0 Å². The Hall–Kier alpha value is -0.410. The average Bonchev–Trinajstić information content (AvgIpc) is 2.44. The molecule has 21 heavy (non-hydrogen) atoms. The van der Waals surface area contributed by atoms with E-state index >= 15 is 0 Å². The van der Waals surface area contributed by atoms with Crippen molar-refractivity contribution in [2.24, 2.45) is 17.8 Å². The molecule has 1 aromatic carbocycles. The minimum absolute atomic E-state index is 0.0693. The maximum Gasteiger partial charge on any atom is 0.126 e. The maximum absolute atomic E-state index is 14.1. The van der Waals surface area contributed by atoms with Gasteiger partial charge in [-0.2, -0.15) is 0 Å². The molecular weight excluding hydrogens is 329 g/mol. The summed E-state index contributed by atoms with van der Waals surface area (Å²) in [6.45, 7) is 7.78. The molecule has 1 aliphatic rings. The van der Waals surface area contributed by atoms with Gasteiger partial charge in [0, 0.05) is 10.5 Å². The summed E-state index contributed by atoms with van der Waals surface area (Å²) in [6, 6.07) is 5.82. The van der Waals surface area contributed by atoms with Crippen LogP contribution in [0.15, 0.2) is 22.7 Å². The van der Waals surface area contributed by atoms with Gasteiger partial charge in [-0.25, -0.2) is 4.39 Å². The lowest BCUT2D eigenvalue weighted by Gasteiger charge is -2.38. The normalized spacial score (nSPS) is 26.3. The minimum atomic E-state index is -0.0693. The molecule has 1 saturated carbocycles. The van der Waals surface area contributed by atoms with E-state index in [0.717, 1.165) is 34.8 Å². The number of halogens is 2. The number of benzene rings is 1. The second-order valence-corrected chi connectivity index (χ2v) is 7.60. The molecule has 0 amide bonds. The molecule has 1 aliphatic carbocycles. The molecule has 1 nitrogen and oxygen atoms in total. The van der Waals surface area contributed by atoms with Gasteiger partial charge in [0.2, 0.25) is 0 Å². The molecule has 0 saturated heterocycles. The first-order chi connectivity index (χ1) is 10.0. The van der Waals surface area contributed by atoms with Crippen molar-refractivity contribution >= 4 is 15.9 Å². The van der Waals surface area contributed by atoms with E-state index in [1.807, 2.05) is 6.07 Å². The first-order valence-electron chi connectivity index (χ1n) is 8.18. The van der Waals surface area contributed by atoms with Crippen molar-refractivity contribution in [3.8, 4) is 0 Å². The van der Waals surface area contributed by atoms with Gasteiger partial charge in [0.15, 0.2) is 0 Å². The summed E-state index contributed by atoms with van der Waals surface area (Å²) in [6.07, 6.45) is 4.57. The Balaban J connectivity index is 2.13. The van der Waals surface area contributed by atoms with Gasteiger partial charge in [0.25, 0.3) is 0 Å². The lowest BCUT2D eigenvalue weighted by Crippen LogP contribution is -2.42. The quantitative estimate of drug-likeness (QED) is 0.766. The lowest BCUT2D eigenvalue weighted by atomic mass is 9.71. The van der Waals surface area contributed by atoms with Crippen molar-refractivity contribution < 1.29 is 4.39 Å². The highest BCUT2D eigenvalue weighted by atomic mass is 79.9. The zero-order chi connectivity index (χ0) is 15.4. The second kappa shape index (κ2) is 7.73. The number of hydrogen-bond acceptors (Lipinski definition) is 1. The van der Waals surface area contributed by atoms with E-state index < -0.39 is 0 Å². The molecule has 1 aromatic rings. The molecule has 3 atom stereocenters. The van der Waals surface area contributed by atoms with E-state index in [2.05, 4.69) is 42.0 Å². The predicted molar refractivity (Wildman–Crippen MR) is 90.9 cm³/mol. The summed E-state index contributed by atoms with van der Waals surface area (Å²) in [5.74, 6) is 1.97. The highest BCUT2D eigenvalue weighted by Crippen LogP contribution is 2.36. The van der Waals surface area contributed by atoms with Crippen molar-refractivity contribution in [1.82, 2.24) is 5.32 Å². The fourth-order valence-electron chi connectivity index (χ4n) is 3.64. The molecule has 3 heteroatoms. The van der Waals surface area contributed by atoms with Gasteiger partial charge in [-0.3, -0.25) is 0 Å². The van der Waals surface area contributed by atoms with Gasteiger partial charge in [-0.05, 0) is 73.7 Å². The summed E-state index contributed by atoms with van der Waals surface area (Å²) in [4.78, 5) is 0. The average molecular weight is 356 g/mol. The van der Waals surface area contributed by atoms with E-state index in [-0.39, 0.29) is 5.82 Å². The molecule has 0 aromatic heterocycles. The van der Waals surface area contributed by atoms with Crippen LogP contribution in [0.3, 0.4) is 0 Å². The third kappa shape index (κ3) is 4.53. The largest absolute Gasteiger partial charge is 0.314 e. The molecule has 0 bridgehead atoms. The Morgan fingerprint density at radius 1 is 1.33 bits per heavy atom. The third-order valence-corrected chi connectivity index (χ3v) is 5.42. The van der Waals surface area contributed by atoms with E-state index in [1.165, 1.54) is 19.3 Å². The van der Waals surface area contributed by atoms with Gasteiger partial charge in [0.1, 0.15) is 5.82 Å². The highest BCUT2D eigenvalue weighted by Gasteiger charge is 2.31. The van der Waals surface area contributed by atoms with Gasteiger partial charge in [0.05, 0.1) is 0 Å². The molecule has 0 radical (unpaired) electrons. The molecule has 1 N–H and O–H groups in total. The first kappa shape index (κ1) is 17.0. The van der Waals surface area contributed by atoms with Crippen LogP contribution in [0, 0.1) is 23.6 Å². The smallest absolute Gasteiger partial charge is 0.126 e. The zero-order valence-corrected chi connectivity index (χ0v) is 14.9. The van der Waals surface area contributed by atoms with E-state index in [1.54, 1.807) is 12.1 Å². The fourth-order valence-corrected chi connectivity index (χ4v) is 4.05. The standard InChI is InChI=1S/C18H27BrFN/c1-4-21-18-8-5-13(12(2)3)9-15(18)10-14-11-16(19)6-7-17(14)20/h6-7,11-13,15,18,21H,4-5,8-10H2,1-3H3. The van der Waals surface area contributed by atoms with E-state index in [0.29, 0.717) is 12.0 Å². The Morgan fingerprint density at radius 2 is 2.10 bits per heavy atom. The molecule has 1 fully saturated rings. The van der Waals surface area contributed by atoms with Crippen molar-refractivity contribution in [1.29, 1.82) is 0 Å². The van der Waals surface area contributed by atoms with Gasteiger partial charge < -0.3 is 5.32 Å². The number of rotatable bonds is 5. The Bertz CT molecular complexity index is 461. The zero-order valence-electron chi connectivity index (χ0n) is 13.3. The Morgan fingerprint density at radius 3 is 2.76 bits per heavy atom. The van der Waals surface area contributed by atoms with Crippen LogP contribution in [0.4, 0.5) is 4.39 Å². The van der Waals surface area contributed by atoms with E-state index in [9.17, 15) is 4.39 Å². The molecule has 0 spiro atoms. The van der Waals surface area contributed by atoms with Crippen molar-refractivity contribution in [2.45, 2.75) is 52.5 Å². The van der Waals surface area contributed by atoms with E-state index in [4.69, 9.17) is 0 Å². The second-order valence-electron chi connectivity index (χ2n) is 6.68. The van der Waals surface area contributed by atoms with Crippen LogP contribution in [-0.2, 0) is 6.42 Å². The minimum Gasteiger partial charge on any atom is -0.314 e. The van der Waals surface area contributed by atoms with Gasteiger partial charge >= 0.3 is 0 Å². The molecule has 0 heterocycles. The molecular formula is C18H27BrFN. The number of nitrogens with one attached hydrogen (secondary N) is 1. The topological polar surface area (TPSA) is 12.0 Å². The lowest BCUT2D eigenvalue weighted by molar-refractivity contribution is 0.168. The van der Waals surface area contributed by atoms with Crippen LogP contribution < -0.4 is 5.32 Å². The molecule has 2 rings (SSSR count). The monoisotopic (exact) mass is 355 g/mol. The summed E-state index contributed by atoms with van der Waals surface area (Å²) >= 11 is 3.46. The van der Waals surface area contributed by atoms with Crippen LogP contribution in [0.5, 0.6) is 0 Å². The first-order valence-corrected chi connectivity index (χ1v) is 8.97. The Kier molecular flexibility index (Phi) is 6.24. The van der Waals surface area contributed by atoms with Crippen molar-refractivity contribution in [3.05, 3.63) is 34.1 Å². The van der Waals surface area contributed by atoms with Gasteiger partial charge in [-0.15, -0.1) is 0 Å². The summed E-state index contributed by atoms with van der Waals surface area (Å²) in [7, 11) is 0. The van der Waals surface area contributed by atoms with Gasteiger partial charge in [-0.1, -0.05) is 36.7 Å². The Labute approximate surface area is 136 Å². The third-order valence-electron chi connectivity index (χ3n) is 4.92. The predicted octanol–water partition coefficient (Wildman–Crippen LogP) is 5.18. The summed E-state index contributed by atoms with van der Waals surface area (Å²) in [5, 5.41) is 3.61. The van der Waals surface area contributed by atoms with Crippen LogP contribution in [0.25, 0.3) is 0 Å². The van der Waals surface area contributed by atoms with Crippen LogP contribution in [0.2, 0.25) is 0 Å². The van der Waals surface area contributed by atoms with Crippen LogP contribution >= 0.6 is 15.9 Å².